The van der Waals surface area contributed by atoms with Gasteiger partial charge in [0.15, 0.2) is 0 Å². The summed E-state index contributed by atoms with van der Waals surface area (Å²) in [4.78, 5) is 12.4. The summed E-state index contributed by atoms with van der Waals surface area (Å²) in [5.41, 5.74) is 0. The van der Waals surface area contributed by atoms with Crippen molar-refractivity contribution in [2.75, 3.05) is 6.61 Å². The molecule has 57 heavy (non-hydrogen) atoms. The number of aliphatic hydroxyl groups excluding tert-OH is 2. The van der Waals surface area contributed by atoms with Crippen LogP contribution in [-0.4, -0.2) is 34.9 Å². The molecule has 0 aliphatic carbocycles. The van der Waals surface area contributed by atoms with Gasteiger partial charge in [-0.15, -0.1) is 0 Å². The van der Waals surface area contributed by atoms with Crippen molar-refractivity contribution in [3.8, 4) is 0 Å². The number of nitrogens with one attached hydrogen (secondary N) is 1. The molecule has 0 radical (unpaired) electrons. The zero-order valence-electron chi connectivity index (χ0n) is 38.9. The van der Waals surface area contributed by atoms with Crippen molar-refractivity contribution in [2.24, 2.45) is 0 Å². The van der Waals surface area contributed by atoms with Gasteiger partial charge in [0.05, 0.1) is 18.8 Å². The molecule has 2 unspecified atom stereocenters. The number of carbonyl (C=O) groups excluding carboxylic acids is 1. The first-order chi connectivity index (χ1) is 28.2. The fourth-order valence-electron chi connectivity index (χ4n) is 8.18. The summed E-state index contributed by atoms with van der Waals surface area (Å²) in [5, 5.41) is 23.1. The summed E-state index contributed by atoms with van der Waals surface area (Å²) in [5.74, 6) is -0.0602. The molecule has 0 aromatic heterocycles. The maximum absolute atomic E-state index is 12.4. The van der Waals surface area contributed by atoms with E-state index in [1.165, 1.54) is 244 Å². The standard InChI is InChI=1S/C53H103NO3/c1-3-5-7-9-11-13-15-17-19-21-22-23-24-25-26-27-28-29-30-31-32-33-35-37-39-41-43-45-47-49-53(57)54-51(50-55)52(56)48-46-44-42-40-38-36-34-20-18-16-14-12-10-8-6-4-2/h25-26,46,48,51-52,55-56H,3-24,27-45,47,49-50H2,1-2H3,(H,54,57)/b26-25-,48-46+. The Morgan fingerprint density at radius 1 is 0.404 bits per heavy atom. The number of hydrogen-bond donors (Lipinski definition) is 3. The third-order valence-electron chi connectivity index (χ3n) is 12.2. The fraction of sp³-hybridized carbons (Fsp3) is 0.906. The molecule has 0 aliphatic heterocycles. The van der Waals surface area contributed by atoms with Gasteiger partial charge in [0.25, 0.3) is 0 Å². The van der Waals surface area contributed by atoms with Crippen molar-refractivity contribution < 1.29 is 15.0 Å². The Kier molecular flexibility index (Phi) is 48.3. The number of aliphatic hydroxyl groups is 2. The highest BCUT2D eigenvalue weighted by Gasteiger charge is 2.18. The van der Waals surface area contributed by atoms with Crippen LogP contribution in [0.1, 0.15) is 290 Å². The molecule has 0 aliphatic rings. The molecule has 0 spiro atoms. The van der Waals surface area contributed by atoms with Crippen molar-refractivity contribution >= 4 is 5.91 Å². The van der Waals surface area contributed by atoms with E-state index in [2.05, 4.69) is 31.3 Å². The Bertz CT molecular complexity index is 825. The predicted octanol–water partition coefficient (Wildman–Crippen LogP) is 16.8. The second-order valence-corrected chi connectivity index (χ2v) is 17.9. The molecule has 0 aromatic rings. The van der Waals surface area contributed by atoms with Crippen LogP contribution in [0.2, 0.25) is 0 Å². The lowest BCUT2D eigenvalue weighted by Gasteiger charge is -2.20. The molecular formula is C53H103NO3. The van der Waals surface area contributed by atoms with Crippen LogP contribution in [0.15, 0.2) is 24.3 Å². The van der Waals surface area contributed by atoms with E-state index in [0.717, 1.165) is 25.7 Å². The molecule has 0 rings (SSSR count). The Morgan fingerprint density at radius 2 is 0.667 bits per heavy atom. The van der Waals surface area contributed by atoms with Crippen LogP contribution >= 0.6 is 0 Å². The highest BCUT2D eigenvalue weighted by molar-refractivity contribution is 5.76. The molecule has 3 N–H and O–H groups in total. The minimum absolute atomic E-state index is 0.0602. The van der Waals surface area contributed by atoms with E-state index >= 15 is 0 Å². The lowest BCUT2D eigenvalue weighted by molar-refractivity contribution is -0.123. The van der Waals surface area contributed by atoms with Gasteiger partial charge in [-0.25, -0.2) is 0 Å². The average molecular weight is 802 g/mol. The van der Waals surface area contributed by atoms with E-state index in [0.29, 0.717) is 6.42 Å². The topological polar surface area (TPSA) is 69.6 Å². The molecule has 1 amide bonds. The van der Waals surface area contributed by atoms with E-state index in [4.69, 9.17) is 0 Å². The van der Waals surface area contributed by atoms with Crippen molar-refractivity contribution in [3.63, 3.8) is 0 Å². The van der Waals surface area contributed by atoms with Crippen molar-refractivity contribution in [1.82, 2.24) is 5.32 Å². The molecule has 338 valence electrons. The van der Waals surface area contributed by atoms with Gasteiger partial charge in [0.2, 0.25) is 5.91 Å². The van der Waals surface area contributed by atoms with E-state index in [9.17, 15) is 15.0 Å². The lowest BCUT2D eigenvalue weighted by Crippen LogP contribution is -2.45. The summed E-state index contributed by atoms with van der Waals surface area (Å²) >= 11 is 0. The fourth-order valence-corrected chi connectivity index (χ4v) is 8.18. The molecular weight excluding hydrogens is 699 g/mol. The van der Waals surface area contributed by atoms with Crippen molar-refractivity contribution in [2.45, 2.75) is 302 Å². The van der Waals surface area contributed by atoms with Gasteiger partial charge in [-0.05, 0) is 44.9 Å². The maximum Gasteiger partial charge on any atom is 0.220 e. The minimum Gasteiger partial charge on any atom is -0.394 e. The summed E-state index contributed by atoms with van der Waals surface area (Å²) in [6, 6.07) is -0.620. The van der Waals surface area contributed by atoms with Crippen LogP contribution in [0.25, 0.3) is 0 Å². The molecule has 0 heterocycles. The molecule has 2 atom stereocenters. The van der Waals surface area contributed by atoms with Gasteiger partial charge in [-0.2, -0.15) is 0 Å². The zero-order chi connectivity index (χ0) is 41.4. The Balaban J connectivity index is 3.46. The van der Waals surface area contributed by atoms with E-state index in [-0.39, 0.29) is 12.5 Å². The van der Waals surface area contributed by atoms with Crippen LogP contribution in [0, 0.1) is 0 Å². The monoisotopic (exact) mass is 802 g/mol. The molecule has 4 heteroatoms. The van der Waals surface area contributed by atoms with E-state index < -0.39 is 12.1 Å². The van der Waals surface area contributed by atoms with Gasteiger partial charge < -0.3 is 15.5 Å². The summed E-state index contributed by atoms with van der Waals surface area (Å²) < 4.78 is 0. The number of amides is 1. The lowest BCUT2D eigenvalue weighted by atomic mass is 10.0. The zero-order valence-corrected chi connectivity index (χ0v) is 38.9. The third-order valence-corrected chi connectivity index (χ3v) is 12.2. The summed E-state index contributed by atoms with van der Waals surface area (Å²) in [6.07, 6.45) is 64.7. The number of unbranched alkanes of at least 4 members (excludes halogenated alkanes) is 39. The van der Waals surface area contributed by atoms with Crippen LogP contribution in [0.3, 0.4) is 0 Å². The summed E-state index contributed by atoms with van der Waals surface area (Å²) in [6.45, 7) is 4.33. The first-order valence-electron chi connectivity index (χ1n) is 26.1. The minimum atomic E-state index is -0.837. The average Bonchev–Trinajstić information content (AvgIpc) is 3.22. The largest absolute Gasteiger partial charge is 0.394 e. The number of rotatable bonds is 48. The molecule has 0 bridgehead atoms. The van der Waals surface area contributed by atoms with Crippen LogP contribution in [0.5, 0.6) is 0 Å². The molecule has 4 nitrogen and oxygen atoms in total. The number of carbonyl (C=O) groups is 1. The third kappa shape index (κ3) is 45.8. The molecule has 0 aromatic carbocycles. The van der Waals surface area contributed by atoms with Crippen LogP contribution < -0.4 is 5.32 Å². The molecule has 0 fully saturated rings. The quantitative estimate of drug-likeness (QED) is 0.0424. The second-order valence-electron chi connectivity index (χ2n) is 17.9. The van der Waals surface area contributed by atoms with E-state index in [1.54, 1.807) is 6.08 Å². The van der Waals surface area contributed by atoms with Gasteiger partial charge in [0, 0.05) is 6.42 Å². The Hall–Kier alpha value is -1.13. The normalized spacial score (nSPS) is 13.0. The van der Waals surface area contributed by atoms with Crippen LogP contribution in [-0.2, 0) is 4.79 Å². The Labute approximate surface area is 358 Å². The van der Waals surface area contributed by atoms with Gasteiger partial charge in [-0.1, -0.05) is 263 Å². The van der Waals surface area contributed by atoms with E-state index in [1.807, 2.05) is 6.08 Å². The molecule has 0 saturated heterocycles. The SMILES string of the molecule is CCCCCCCCCCCCCC/C=C\CCCCCCCCCCCCCCCC(=O)NC(CO)C(O)/C=C/CCCCCCCCCCCCCCCC. The predicted molar refractivity (Wildman–Crippen MR) is 253 cm³/mol. The molecule has 0 saturated carbocycles. The maximum atomic E-state index is 12.4. The number of allylic oxidation sites excluding steroid dienone is 3. The first kappa shape index (κ1) is 55.9. The van der Waals surface area contributed by atoms with Crippen molar-refractivity contribution in [1.29, 1.82) is 0 Å². The smallest absolute Gasteiger partial charge is 0.220 e. The van der Waals surface area contributed by atoms with Crippen LogP contribution in [0.4, 0.5) is 0 Å². The Morgan fingerprint density at radius 3 is 0.965 bits per heavy atom. The van der Waals surface area contributed by atoms with Gasteiger partial charge in [0.1, 0.15) is 0 Å². The number of hydrogen-bond acceptors (Lipinski definition) is 3. The van der Waals surface area contributed by atoms with Gasteiger partial charge >= 0.3 is 0 Å². The first-order valence-corrected chi connectivity index (χ1v) is 26.1. The summed E-state index contributed by atoms with van der Waals surface area (Å²) in [7, 11) is 0. The van der Waals surface area contributed by atoms with Crippen molar-refractivity contribution in [3.05, 3.63) is 24.3 Å². The van der Waals surface area contributed by atoms with Gasteiger partial charge in [-0.3, -0.25) is 4.79 Å². The highest BCUT2D eigenvalue weighted by atomic mass is 16.3. The second kappa shape index (κ2) is 49.2. The highest BCUT2D eigenvalue weighted by Crippen LogP contribution is 2.16.